The van der Waals surface area contributed by atoms with Crippen LogP contribution in [0.3, 0.4) is 0 Å². The maximum atomic E-state index is 12.3. The molecule has 104 valence electrons. The van der Waals surface area contributed by atoms with Gasteiger partial charge in [-0.3, -0.25) is 0 Å². The van der Waals surface area contributed by atoms with Crippen LogP contribution in [-0.2, 0) is 6.54 Å². The largest absolute Gasteiger partial charge is 0.434 e. The van der Waals surface area contributed by atoms with Gasteiger partial charge < -0.3 is 10.1 Å². The van der Waals surface area contributed by atoms with Gasteiger partial charge in [-0.05, 0) is 24.6 Å². The van der Waals surface area contributed by atoms with Crippen LogP contribution >= 0.6 is 11.6 Å². The minimum absolute atomic E-state index is 0.127. The second kappa shape index (κ2) is 7.98. The predicted molar refractivity (Wildman–Crippen MR) is 72.5 cm³/mol. The van der Waals surface area contributed by atoms with Crippen LogP contribution in [0.2, 0.25) is 5.02 Å². The molecule has 1 aromatic carbocycles. The lowest BCUT2D eigenvalue weighted by atomic mass is 10.1. The molecule has 1 rings (SSSR count). The van der Waals surface area contributed by atoms with E-state index in [9.17, 15) is 8.78 Å². The van der Waals surface area contributed by atoms with Gasteiger partial charge in [0.25, 0.3) is 0 Å². The molecular weight excluding hydrogens is 272 g/mol. The summed E-state index contributed by atoms with van der Waals surface area (Å²) < 4.78 is 29.0. The van der Waals surface area contributed by atoms with Crippen LogP contribution in [-0.4, -0.2) is 12.7 Å². The highest BCUT2D eigenvalue weighted by Crippen LogP contribution is 2.24. The monoisotopic (exact) mass is 287 g/mol. The highest BCUT2D eigenvalue weighted by Gasteiger charge is 2.11. The van der Waals surface area contributed by atoms with Crippen LogP contribution in [0.4, 0.5) is 8.78 Å². The van der Waals surface area contributed by atoms with Crippen molar-refractivity contribution in [1.29, 1.82) is 0 Å². The Labute approximate surface area is 117 Å². The summed E-state index contributed by atoms with van der Waals surface area (Å²) in [6, 6.07) is 4.70. The fraction of sp³-hybridized carbons (Fsp3) is 0.429. The van der Waals surface area contributed by atoms with E-state index in [1.165, 1.54) is 12.1 Å². The van der Waals surface area contributed by atoms with E-state index in [1.807, 2.05) is 6.92 Å². The maximum Gasteiger partial charge on any atom is 0.387 e. The summed E-state index contributed by atoms with van der Waals surface area (Å²) >= 11 is 5.86. The lowest BCUT2D eigenvalue weighted by Gasteiger charge is -2.16. The molecule has 0 aliphatic carbocycles. The van der Waals surface area contributed by atoms with E-state index in [2.05, 4.69) is 16.0 Å². The van der Waals surface area contributed by atoms with Crippen molar-refractivity contribution in [3.05, 3.63) is 28.8 Å². The van der Waals surface area contributed by atoms with Gasteiger partial charge in [0, 0.05) is 29.6 Å². The van der Waals surface area contributed by atoms with Crippen LogP contribution in [0, 0.1) is 12.3 Å². The number of nitrogens with one attached hydrogen (secondary N) is 1. The second-order valence-electron chi connectivity index (χ2n) is 4.02. The molecule has 0 saturated carbocycles. The number of alkyl halides is 2. The molecule has 1 atom stereocenters. The van der Waals surface area contributed by atoms with Crippen molar-refractivity contribution in [3.63, 3.8) is 0 Å². The van der Waals surface area contributed by atoms with E-state index in [0.29, 0.717) is 23.6 Å². The number of hydrogen-bond acceptors (Lipinski definition) is 2. The first-order valence-electron chi connectivity index (χ1n) is 5.96. The van der Waals surface area contributed by atoms with Crippen molar-refractivity contribution in [2.24, 2.45) is 0 Å². The molecule has 0 spiro atoms. The maximum absolute atomic E-state index is 12.3. The highest BCUT2D eigenvalue weighted by molar-refractivity contribution is 6.30. The van der Waals surface area contributed by atoms with Crippen LogP contribution in [0.25, 0.3) is 0 Å². The number of halogens is 3. The Balaban J connectivity index is 2.75. The lowest BCUT2D eigenvalue weighted by Crippen LogP contribution is -2.27. The first-order chi connectivity index (χ1) is 9.06. The number of terminal acetylenes is 1. The third kappa shape index (κ3) is 5.46. The van der Waals surface area contributed by atoms with Gasteiger partial charge in [0.15, 0.2) is 0 Å². The smallest absolute Gasteiger partial charge is 0.387 e. The molecule has 5 heteroatoms. The summed E-state index contributed by atoms with van der Waals surface area (Å²) in [7, 11) is 0. The van der Waals surface area contributed by atoms with E-state index >= 15 is 0 Å². The van der Waals surface area contributed by atoms with E-state index in [0.717, 1.165) is 6.42 Å². The molecule has 0 saturated heterocycles. The van der Waals surface area contributed by atoms with Gasteiger partial charge in [0.2, 0.25) is 0 Å². The normalized spacial score (nSPS) is 12.2. The van der Waals surface area contributed by atoms with Crippen molar-refractivity contribution in [1.82, 2.24) is 5.32 Å². The fourth-order valence-electron chi connectivity index (χ4n) is 1.65. The number of ether oxygens (including phenoxy) is 1. The fourth-order valence-corrected chi connectivity index (χ4v) is 1.85. The Morgan fingerprint density at radius 2 is 2.21 bits per heavy atom. The van der Waals surface area contributed by atoms with Gasteiger partial charge in [0.1, 0.15) is 5.75 Å². The average molecular weight is 288 g/mol. The first kappa shape index (κ1) is 15.7. The van der Waals surface area contributed by atoms with Crippen LogP contribution < -0.4 is 10.1 Å². The number of hydrogen-bond donors (Lipinski definition) is 1. The molecule has 0 radical (unpaired) electrons. The van der Waals surface area contributed by atoms with E-state index in [1.54, 1.807) is 6.07 Å². The minimum Gasteiger partial charge on any atom is -0.434 e. The first-order valence-corrected chi connectivity index (χ1v) is 6.34. The van der Waals surface area contributed by atoms with Crippen LogP contribution in [0.1, 0.15) is 25.3 Å². The molecule has 1 unspecified atom stereocenters. The Morgan fingerprint density at radius 1 is 1.47 bits per heavy atom. The molecule has 1 aromatic rings. The van der Waals surface area contributed by atoms with Gasteiger partial charge in [-0.25, -0.2) is 0 Å². The molecule has 0 heterocycles. The summed E-state index contributed by atoms with van der Waals surface area (Å²) in [6.45, 7) is -0.473. The van der Waals surface area contributed by atoms with Crippen LogP contribution in [0.5, 0.6) is 5.75 Å². The predicted octanol–water partition coefficient (Wildman–Crippen LogP) is 3.83. The Bertz CT molecular complexity index is 446. The summed E-state index contributed by atoms with van der Waals surface area (Å²) in [6.07, 6.45) is 6.70. The molecule has 19 heavy (non-hydrogen) atoms. The number of benzene rings is 1. The average Bonchev–Trinajstić information content (AvgIpc) is 2.36. The van der Waals surface area contributed by atoms with Gasteiger partial charge in [0.05, 0.1) is 0 Å². The molecule has 0 aromatic heterocycles. The van der Waals surface area contributed by atoms with Gasteiger partial charge in [-0.1, -0.05) is 18.5 Å². The molecule has 0 bridgehead atoms. The Hall–Kier alpha value is -1.31. The zero-order valence-corrected chi connectivity index (χ0v) is 11.4. The molecular formula is C14H16ClF2NO. The summed E-state index contributed by atoms with van der Waals surface area (Å²) in [5, 5.41) is 3.68. The topological polar surface area (TPSA) is 21.3 Å². The van der Waals surface area contributed by atoms with Crippen molar-refractivity contribution in [2.75, 3.05) is 0 Å². The van der Waals surface area contributed by atoms with Crippen molar-refractivity contribution >= 4 is 11.6 Å². The minimum atomic E-state index is -2.85. The summed E-state index contributed by atoms with van der Waals surface area (Å²) in [5.41, 5.74) is 0.586. The van der Waals surface area contributed by atoms with Crippen molar-refractivity contribution in [3.8, 4) is 18.1 Å². The zero-order chi connectivity index (χ0) is 14.3. The number of rotatable bonds is 7. The van der Waals surface area contributed by atoms with E-state index in [4.69, 9.17) is 18.0 Å². The summed E-state index contributed by atoms with van der Waals surface area (Å²) in [4.78, 5) is 0. The second-order valence-corrected chi connectivity index (χ2v) is 4.46. The van der Waals surface area contributed by atoms with Crippen molar-refractivity contribution < 1.29 is 13.5 Å². The molecule has 2 nitrogen and oxygen atoms in total. The highest BCUT2D eigenvalue weighted by atomic mass is 35.5. The van der Waals surface area contributed by atoms with Crippen molar-refractivity contribution in [2.45, 2.75) is 39.0 Å². The Morgan fingerprint density at radius 3 is 2.79 bits per heavy atom. The van der Waals surface area contributed by atoms with Gasteiger partial charge >= 0.3 is 6.61 Å². The van der Waals surface area contributed by atoms with E-state index in [-0.39, 0.29) is 11.8 Å². The van der Waals surface area contributed by atoms with E-state index < -0.39 is 6.61 Å². The molecule has 0 fully saturated rings. The standard InChI is InChI=1S/C14H16ClF2NO/c1-3-5-12(4-2)18-9-10-8-11(15)6-7-13(10)19-14(16)17/h1,6-8,12,14,18H,4-5,9H2,2H3. The molecule has 1 N–H and O–H groups in total. The third-order valence-corrected chi connectivity index (χ3v) is 2.91. The molecule has 0 amide bonds. The van der Waals surface area contributed by atoms with Crippen LogP contribution in [0.15, 0.2) is 18.2 Å². The molecule has 0 aliphatic rings. The van der Waals surface area contributed by atoms with Gasteiger partial charge in [-0.2, -0.15) is 8.78 Å². The third-order valence-electron chi connectivity index (χ3n) is 2.68. The SMILES string of the molecule is C#CCC(CC)NCc1cc(Cl)ccc1OC(F)F. The zero-order valence-electron chi connectivity index (χ0n) is 10.6. The quantitative estimate of drug-likeness (QED) is 0.770. The summed E-state index contributed by atoms with van der Waals surface area (Å²) in [5.74, 6) is 2.70. The molecule has 0 aliphatic heterocycles. The lowest BCUT2D eigenvalue weighted by molar-refractivity contribution is -0.0505. The Kier molecular flexibility index (Phi) is 6.61. The van der Waals surface area contributed by atoms with Gasteiger partial charge in [-0.15, -0.1) is 12.3 Å².